The van der Waals surface area contributed by atoms with Gasteiger partial charge in [0, 0.05) is 45.5 Å². The van der Waals surface area contributed by atoms with Gasteiger partial charge in [0.25, 0.3) is 0 Å². The number of piperidine rings is 1. The van der Waals surface area contributed by atoms with Crippen LogP contribution in [0.4, 0.5) is 5.95 Å². The SMILES string of the molecule is COc1ccnc(NC2CCN(CC(=O)N(C)C)CC2)n1. The van der Waals surface area contributed by atoms with Crippen LogP contribution in [0.2, 0.25) is 0 Å². The molecule has 0 spiro atoms. The van der Waals surface area contributed by atoms with Gasteiger partial charge in [-0.05, 0) is 12.8 Å². The molecule has 0 radical (unpaired) electrons. The van der Waals surface area contributed by atoms with Crippen molar-refractivity contribution in [3.05, 3.63) is 12.3 Å². The summed E-state index contributed by atoms with van der Waals surface area (Å²) in [6, 6.07) is 2.06. The zero-order valence-electron chi connectivity index (χ0n) is 12.9. The summed E-state index contributed by atoms with van der Waals surface area (Å²) < 4.78 is 5.09. The summed E-state index contributed by atoms with van der Waals surface area (Å²) >= 11 is 0. The molecule has 0 aromatic carbocycles. The number of ether oxygens (including phenoxy) is 1. The van der Waals surface area contributed by atoms with Crippen molar-refractivity contribution in [3.63, 3.8) is 0 Å². The van der Waals surface area contributed by atoms with Crippen LogP contribution in [0, 0.1) is 0 Å². The molecule has 1 aromatic rings. The molecule has 21 heavy (non-hydrogen) atoms. The molecule has 0 aliphatic carbocycles. The Morgan fingerprint density at radius 3 is 2.81 bits per heavy atom. The van der Waals surface area contributed by atoms with E-state index < -0.39 is 0 Å². The molecule has 1 fully saturated rings. The highest BCUT2D eigenvalue weighted by molar-refractivity contribution is 5.77. The first-order valence-electron chi connectivity index (χ1n) is 7.14. The van der Waals surface area contributed by atoms with Crippen LogP contribution in [0.3, 0.4) is 0 Å². The van der Waals surface area contributed by atoms with Gasteiger partial charge in [0.2, 0.25) is 17.7 Å². The maximum Gasteiger partial charge on any atom is 0.236 e. The van der Waals surface area contributed by atoms with Crippen molar-refractivity contribution in [1.29, 1.82) is 0 Å². The molecule has 1 N–H and O–H groups in total. The van der Waals surface area contributed by atoms with Crippen LogP contribution in [0.1, 0.15) is 12.8 Å². The molecule has 1 aromatic heterocycles. The zero-order chi connectivity index (χ0) is 15.2. The Hall–Kier alpha value is -1.89. The number of likely N-dealkylation sites (tertiary alicyclic amines) is 1. The van der Waals surface area contributed by atoms with E-state index >= 15 is 0 Å². The zero-order valence-corrected chi connectivity index (χ0v) is 12.9. The maximum absolute atomic E-state index is 11.7. The van der Waals surface area contributed by atoms with Gasteiger partial charge in [0.1, 0.15) is 0 Å². The summed E-state index contributed by atoms with van der Waals surface area (Å²) in [6.45, 7) is 2.30. The maximum atomic E-state index is 11.7. The average Bonchev–Trinajstić information content (AvgIpc) is 2.49. The quantitative estimate of drug-likeness (QED) is 0.850. The Morgan fingerprint density at radius 1 is 1.48 bits per heavy atom. The minimum atomic E-state index is 0.150. The van der Waals surface area contributed by atoms with Crippen molar-refractivity contribution in [2.45, 2.75) is 18.9 Å². The van der Waals surface area contributed by atoms with E-state index in [4.69, 9.17) is 4.74 Å². The molecule has 0 unspecified atom stereocenters. The highest BCUT2D eigenvalue weighted by Gasteiger charge is 2.21. The number of likely N-dealkylation sites (N-methyl/N-ethyl adjacent to an activating group) is 1. The smallest absolute Gasteiger partial charge is 0.236 e. The number of anilines is 1. The molecule has 7 heteroatoms. The van der Waals surface area contributed by atoms with Crippen LogP contribution in [-0.4, -0.2) is 72.6 Å². The molecule has 1 saturated heterocycles. The third-order valence-electron chi connectivity index (χ3n) is 3.62. The first kappa shape index (κ1) is 15.5. The van der Waals surface area contributed by atoms with Gasteiger partial charge < -0.3 is 15.0 Å². The fourth-order valence-corrected chi connectivity index (χ4v) is 2.28. The number of rotatable bonds is 5. The lowest BCUT2D eigenvalue weighted by Crippen LogP contribution is -2.44. The minimum absolute atomic E-state index is 0.150. The fraction of sp³-hybridized carbons (Fsp3) is 0.643. The number of nitrogens with zero attached hydrogens (tertiary/aromatic N) is 4. The topological polar surface area (TPSA) is 70.6 Å². The van der Waals surface area contributed by atoms with Crippen LogP contribution in [0.15, 0.2) is 12.3 Å². The Morgan fingerprint density at radius 2 is 2.19 bits per heavy atom. The standard InChI is InChI=1S/C14H23N5O2/c1-18(2)13(20)10-19-8-5-11(6-9-19)16-14-15-7-4-12(17-14)21-3/h4,7,11H,5-6,8-10H2,1-3H3,(H,15,16,17). The average molecular weight is 293 g/mol. The van der Waals surface area contributed by atoms with E-state index in [9.17, 15) is 4.79 Å². The molecule has 7 nitrogen and oxygen atoms in total. The van der Waals surface area contributed by atoms with Gasteiger partial charge in [-0.1, -0.05) is 0 Å². The molecule has 0 saturated carbocycles. The van der Waals surface area contributed by atoms with Crippen molar-refractivity contribution in [2.75, 3.05) is 46.2 Å². The molecular formula is C14H23N5O2. The van der Waals surface area contributed by atoms with Crippen LogP contribution in [0.25, 0.3) is 0 Å². The largest absolute Gasteiger partial charge is 0.481 e. The summed E-state index contributed by atoms with van der Waals surface area (Å²) in [7, 11) is 5.17. The number of carbonyl (C=O) groups is 1. The number of nitrogens with one attached hydrogen (secondary N) is 1. The summed E-state index contributed by atoms with van der Waals surface area (Å²) in [4.78, 5) is 24.0. The second kappa shape index (κ2) is 7.21. The molecule has 0 bridgehead atoms. The van der Waals surface area contributed by atoms with Crippen molar-refractivity contribution in [3.8, 4) is 5.88 Å². The third-order valence-corrected chi connectivity index (χ3v) is 3.62. The Kier molecular flexibility index (Phi) is 5.32. The fourth-order valence-electron chi connectivity index (χ4n) is 2.28. The van der Waals surface area contributed by atoms with E-state index in [-0.39, 0.29) is 5.91 Å². The highest BCUT2D eigenvalue weighted by Crippen LogP contribution is 2.15. The van der Waals surface area contributed by atoms with Crippen molar-refractivity contribution < 1.29 is 9.53 Å². The van der Waals surface area contributed by atoms with E-state index in [1.807, 2.05) is 0 Å². The van der Waals surface area contributed by atoms with Crippen LogP contribution in [0.5, 0.6) is 5.88 Å². The second-order valence-corrected chi connectivity index (χ2v) is 5.41. The number of hydrogen-bond donors (Lipinski definition) is 1. The third kappa shape index (κ3) is 4.56. The Labute approximate surface area is 125 Å². The Bertz CT molecular complexity index is 472. The lowest BCUT2D eigenvalue weighted by Gasteiger charge is -2.32. The predicted octanol–water partition coefficient (Wildman–Crippen LogP) is 0.450. The second-order valence-electron chi connectivity index (χ2n) is 5.41. The number of hydrogen-bond acceptors (Lipinski definition) is 6. The molecule has 2 heterocycles. The van der Waals surface area contributed by atoms with Crippen molar-refractivity contribution >= 4 is 11.9 Å². The number of methoxy groups -OCH3 is 1. The molecule has 1 amide bonds. The highest BCUT2D eigenvalue weighted by atomic mass is 16.5. The lowest BCUT2D eigenvalue weighted by atomic mass is 10.1. The van der Waals surface area contributed by atoms with Gasteiger partial charge in [-0.25, -0.2) is 4.98 Å². The van der Waals surface area contributed by atoms with Gasteiger partial charge in [-0.2, -0.15) is 4.98 Å². The van der Waals surface area contributed by atoms with E-state index in [0.29, 0.717) is 24.4 Å². The molecule has 116 valence electrons. The van der Waals surface area contributed by atoms with Gasteiger partial charge in [-0.3, -0.25) is 9.69 Å². The number of amides is 1. The van der Waals surface area contributed by atoms with E-state index in [1.165, 1.54) is 0 Å². The van der Waals surface area contributed by atoms with Gasteiger partial charge in [-0.15, -0.1) is 0 Å². The Balaban J connectivity index is 1.80. The van der Waals surface area contributed by atoms with Gasteiger partial charge >= 0.3 is 0 Å². The number of carbonyl (C=O) groups excluding carboxylic acids is 1. The number of aromatic nitrogens is 2. The van der Waals surface area contributed by atoms with E-state index in [1.54, 1.807) is 38.4 Å². The predicted molar refractivity (Wildman–Crippen MR) is 80.4 cm³/mol. The summed E-state index contributed by atoms with van der Waals surface area (Å²) in [5, 5.41) is 3.33. The molecule has 1 aliphatic heterocycles. The summed E-state index contributed by atoms with van der Waals surface area (Å²) in [5.41, 5.74) is 0. The first-order chi connectivity index (χ1) is 10.1. The lowest BCUT2D eigenvalue weighted by molar-refractivity contribution is -0.130. The van der Waals surface area contributed by atoms with Crippen LogP contribution >= 0.6 is 0 Å². The monoisotopic (exact) mass is 293 g/mol. The molecule has 1 aliphatic rings. The van der Waals surface area contributed by atoms with Crippen molar-refractivity contribution in [2.24, 2.45) is 0 Å². The minimum Gasteiger partial charge on any atom is -0.481 e. The van der Waals surface area contributed by atoms with Gasteiger partial charge in [0.05, 0.1) is 13.7 Å². The molecular weight excluding hydrogens is 270 g/mol. The van der Waals surface area contributed by atoms with E-state index in [2.05, 4.69) is 20.2 Å². The van der Waals surface area contributed by atoms with Gasteiger partial charge in [0.15, 0.2) is 0 Å². The van der Waals surface area contributed by atoms with Crippen LogP contribution in [-0.2, 0) is 4.79 Å². The summed E-state index contributed by atoms with van der Waals surface area (Å²) in [5.74, 6) is 1.30. The van der Waals surface area contributed by atoms with Crippen molar-refractivity contribution in [1.82, 2.24) is 19.8 Å². The van der Waals surface area contributed by atoms with E-state index in [0.717, 1.165) is 25.9 Å². The summed E-state index contributed by atoms with van der Waals surface area (Å²) in [6.07, 6.45) is 3.63. The van der Waals surface area contributed by atoms with Crippen LogP contribution < -0.4 is 10.1 Å². The normalized spacial score (nSPS) is 16.5. The molecule has 0 atom stereocenters. The first-order valence-corrected chi connectivity index (χ1v) is 7.14. The molecule has 2 rings (SSSR count).